The van der Waals surface area contributed by atoms with Crippen molar-refractivity contribution in [3.8, 4) is 11.1 Å². The molecule has 0 radical (unpaired) electrons. The monoisotopic (exact) mass is 385 g/mol. The summed E-state index contributed by atoms with van der Waals surface area (Å²) < 4.78 is 15.7. The highest BCUT2D eigenvalue weighted by atomic mass is 19.1. The van der Waals surface area contributed by atoms with Crippen LogP contribution < -0.4 is 0 Å². The van der Waals surface area contributed by atoms with Crippen LogP contribution in [0, 0.1) is 12.7 Å². The number of nitrogens with zero attached hydrogens (tertiary/aromatic N) is 1. The number of fused-ring (bicyclic) bond motifs is 2. The number of hydrogen-bond acceptors (Lipinski definition) is 1. The number of aliphatic carboxylic acids is 1. The second-order valence-corrected chi connectivity index (χ2v) is 7.67. The summed E-state index contributed by atoms with van der Waals surface area (Å²) in [5, 5.41) is 10.1. The third kappa shape index (κ3) is 3.01. The summed E-state index contributed by atoms with van der Waals surface area (Å²) in [6.45, 7) is 1.81. The fraction of sp³-hybridized carbons (Fsp3) is 0.160. The Labute approximate surface area is 168 Å². The van der Waals surface area contributed by atoms with Gasteiger partial charge in [0.25, 0.3) is 0 Å². The highest BCUT2D eigenvalue weighted by molar-refractivity contribution is 5.87. The molecule has 1 heterocycles. The van der Waals surface area contributed by atoms with E-state index in [-0.39, 0.29) is 12.4 Å². The molecule has 0 amide bonds. The van der Waals surface area contributed by atoms with Crippen molar-refractivity contribution in [2.75, 3.05) is 0 Å². The SMILES string of the molecule is Cc1c(CC2c3ccc(-c4ccccc4)cc32)c2cc(F)ccc2n1CC(=O)O. The van der Waals surface area contributed by atoms with Crippen molar-refractivity contribution in [1.82, 2.24) is 4.57 Å². The van der Waals surface area contributed by atoms with E-state index in [4.69, 9.17) is 0 Å². The minimum Gasteiger partial charge on any atom is -0.480 e. The molecule has 4 aromatic rings. The van der Waals surface area contributed by atoms with Gasteiger partial charge >= 0.3 is 5.97 Å². The van der Waals surface area contributed by atoms with E-state index in [0.29, 0.717) is 5.92 Å². The van der Waals surface area contributed by atoms with Crippen LogP contribution in [0.3, 0.4) is 0 Å². The van der Waals surface area contributed by atoms with Crippen LogP contribution in [0.5, 0.6) is 0 Å². The van der Waals surface area contributed by atoms with Gasteiger partial charge in [0.1, 0.15) is 12.4 Å². The first-order valence-corrected chi connectivity index (χ1v) is 9.71. The summed E-state index contributed by atoms with van der Waals surface area (Å²) in [5.74, 6) is -0.896. The van der Waals surface area contributed by atoms with Crippen LogP contribution in [0.15, 0.2) is 66.7 Å². The molecule has 0 bridgehead atoms. The average molecular weight is 385 g/mol. The van der Waals surface area contributed by atoms with Gasteiger partial charge in [0.2, 0.25) is 0 Å². The Morgan fingerprint density at radius 3 is 2.55 bits per heavy atom. The molecule has 4 heteroatoms. The number of carbonyl (C=O) groups is 1. The topological polar surface area (TPSA) is 42.2 Å². The van der Waals surface area contributed by atoms with Gasteiger partial charge < -0.3 is 9.67 Å². The van der Waals surface area contributed by atoms with E-state index in [9.17, 15) is 14.3 Å². The molecular formula is C25H20FNO2. The van der Waals surface area contributed by atoms with E-state index < -0.39 is 5.97 Å². The number of halogens is 1. The van der Waals surface area contributed by atoms with Crippen molar-refractivity contribution < 1.29 is 14.3 Å². The number of benzene rings is 3. The third-order valence-corrected chi connectivity index (χ3v) is 5.98. The molecule has 1 atom stereocenters. The van der Waals surface area contributed by atoms with Gasteiger partial charge in [-0.3, -0.25) is 4.79 Å². The maximum absolute atomic E-state index is 14.0. The van der Waals surface area contributed by atoms with Crippen LogP contribution in [0.25, 0.3) is 22.0 Å². The van der Waals surface area contributed by atoms with E-state index in [0.717, 1.165) is 28.6 Å². The molecule has 3 nitrogen and oxygen atoms in total. The molecular weight excluding hydrogens is 365 g/mol. The highest BCUT2D eigenvalue weighted by Gasteiger charge is 2.34. The lowest BCUT2D eigenvalue weighted by Crippen LogP contribution is -2.10. The molecule has 29 heavy (non-hydrogen) atoms. The molecule has 1 unspecified atom stereocenters. The van der Waals surface area contributed by atoms with Gasteiger partial charge in [0.15, 0.2) is 0 Å². The van der Waals surface area contributed by atoms with E-state index in [1.54, 1.807) is 10.6 Å². The lowest BCUT2D eigenvalue weighted by molar-refractivity contribution is -0.137. The molecule has 1 N–H and O–H groups in total. The maximum atomic E-state index is 14.0. The maximum Gasteiger partial charge on any atom is 0.323 e. The predicted octanol–water partition coefficient (Wildman–Crippen LogP) is 5.53. The quantitative estimate of drug-likeness (QED) is 0.491. The number of carboxylic acid groups (broad SMARTS) is 1. The average Bonchev–Trinajstić information content (AvgIpc) is 3.35. The summed E-state index contributed by atoms with van der Waals surface area (Å²) in [7, 11) is 0. The fourth-order valence-electron chi connectivity index (χ4n) is 4.45. The van der Waals surface area contributed by atoms with Gasteiger partial charge in [-0.2, -0.15) is 0 Å². The Morgan fingerprint density at radius 1 is 1.00 bits per heavy atom. The standard InChI is InChI=1S/C25H20FNO2/c1-15-20(23-12-18(26)8-10-24(23)27(15)14-25(28)29)13-22-19-9-7-17(11-21(19)22)16-5-3-2-4-6-16/h2-12,22H,13-14H2,1H3,(H,28,29). The van der Waals surface area contributed by atoms with Crippen LogP contribution in [0.1, 0.15) is 28.3 Å². The summed E-state index contributed by atoms with van der Waals surface area (Å²) in [5.41, 5.74) is 7.73. The Hall–Kier alpha value is -3.40. The molecule has 1 aromatic heterocycles. The highest BCUT2D eigenvalue weighted by Crippen LogP contribution is 2.48. The molecule has 0 saturated carbocycles. The zero-order chi connectivity index (χ0) is 20.1. The molecule has 144 valence electrons. The summed E-state index contributed by atoms with van der Waals surface area (Å²) in [6.07, 6.45) is 0.756. The van der Waals surface area contributed by atoms with Gasteiger partial charge in [-0.25, -0.2) is 4.39 Å². The van der Waals surface area contributed by atoms with Crippen LogP contribution in [-0.4, -0.2) is 15.6 Å². The lowest BCUT2D eigenvalue weighted by Gasteiger charge is -2.05. The van der Waals surface area contributed by atoms with Crippen LogP contribution >= 0.6 is 0 Å². The minimum absolute atomic E-state index is 0.121. The molecule has 1 aliphatic rings. The molecule has 1 aliphatic carbocycles. The Morgan fingerprint density at radius 2 is 1.79 bits per heavy atom. The Balaban J connectivity index is 1.51. The second-order valence-electron chi connectivity index (χ2n) is 7.67. The molecule has 3 aromatic carbocycles. The molecule has 5 rings (SSSR count). The number of rotatable bonds is 5. The van der Waals surface area contributed by atoms with Gasteiger partial charge in [0, 0.05) is 22.5 Å². The molecule has 0 aliphatic heterocycles. The Kier molecular flexibility index (Phi) is 4.02. The van der Waals surface area contributed by atoms with Crippen molar-refractivity contribution >= 4 is 16.9 Å². The molecule has 0 saturated heterocycles. The van der Waals surface area contributed by atoms with E-state index >= 15 is 0 Å². The van der Waals surface area contributed by atoms with E-state index in [1.807, 2.05) is 25.1 Å². The normalized spacial score (nSPS) is 14.8. The first-order chi connectivity index (χ1) is 14.0. The zero-order valence-electron chi connectivity index (χ0n) is 16.0. The van der Waals surface area contributed by atoms with Crippen LogP contribution in [0.4, 0.5) is 4.39 Å². The van der Waals surface area contributed by atoms with E-state index in [1.165, 1.54) is 34.4 Å². The number of carboxylic acids is 1. The number of hydrogen-bond donors (Lipinski definition) is 1. The third-order valence-electron chi connectivity index (χ3n) is 5.98. The van der Waals surface area contributed by atoms with Crippen molar-refractivity contribution in [3.05, 3.63) is 94.9 Å². The largest absolute Gasteiger partial charge is 0.480 e. The van der Waals surface area contributed by atoms with Gasteiger partial charge in [-0.05, 0) is 59.4 Å². The van der Waals surface area contributed by atoms with Crippen molar-refractivity contribution in [2.45, 2.75) is 25.8 Å². The van der Waals surface area contributed by atoms with Crippen LogP contribution in [-0.2, 0) is 17.8 Å². The minimum atomic E-state index is -0.900. The van der Waals surface area contributed by atoms with Crippen molar-refractivity contribution in [1.29, 1.82) is 0 Å². The summed E-state index contributed by atoms with van der Waals surface area (Å²) >= 11 is 0. The zero-order valence-corrected chi connectivity index (χ0v) is 16.0. The predicted molar refractivity (Wildman–Crippen MR) is 112 cm³/mol. The van der Waals surface area contributed by atoms with Gasteiger partial charge in [-0.1, -0.05) is 48.5 Å². The van der Waals surface area contributed by atoms with Gasteiger partial charge in [0.05, 0.1) is 0 Å². The first-order valence-electron chi connectivity index (χ1n) is 9.71. The smallest absolute Gasteiger partial charge is 0.323 e. The van der Waals surface area contributed by atoms with Crippen LogP contribution in [0.2, 0.25) is 0 Å². The van der Waals surface area contributed by atoms with E-state index in [2.05, 4.69) is 30.3 Å². The van der Waals surface area contributed by atoms with Crippen molar-refractivity contribution in [3.63, 3.8) is 0 Å². The van der Waals surface area contributed by atoms with Crippen molar-refractivity contribution in [2.24, 2.45) is 0 Å². The second kappa shape index (κ2) is 6.59. The first kappa shape index (κ1) is 17.7. The lowest BCUT2D eigenvalue weighted by atomic mass is 10.0. The number of aromatic nitrogens is 1. The molecule has 0 spiro atoms. The van der Waals surface area contributed by atoms with Gasteiger partial charge in [-0.15, -0.1) is 0 Å². The summed E-state index contributed by atoms with van der Waals surface area (Å²) in [4.78, 5) is 11.3. The summed E-state index contributed by atoms with van der Waals surface area (Å²) in [6, 6.07) is 21.4. The molecule has 0 fully saturated rings. The Bertz CT molecular complexity index is 1260. The fourth-order valence-corrected chi connectivity index (χ4v) is 4.45.